The maximum absolute atomic E-state index is 8.52. The summed E-state index contributed by atoms with van der Waals surface area (Å²) in [6, 6.07) is 0. The van der Waals surface area contributed by atoms with Crippen LogP contribution in [0.1, 0.15) is 0 Å². The van der Waals surface area contributed by atoms with Crippen LogP contribution in [0.5, 0.6) is 0 Å². The van der Waals surface area contributed by atoms with E-state index in [1.807, 2.05) is 0 Å². The van der Waals surface area contributed by atoms with Gasteiger partial charge in [0, 0.05) is 10.4 Å². The van der Waals surface area contributed by atoms with Crippen LogP contribution in [0.2, 0.25) is 0 Å². The fourth-order valence-corrected chi connectivity index (χ4v) is 0. The molecule has 0 aromatic rings. The average molecular weight is 378 g/mol. The van der Waals surface area contributed by atoms with Gasteiger partial charge in [-0.15, -0.1) is 0 Å². The Balaban J connectivity index is -0.0000000267. The summed E-state index contributed by atoms with van der Waals surface area (Å²) < 4.78 is 34.1. The Morgan fingerprint density at radius 1 is 1.12 bits per heavy atom. The van der Waals surface area contributed by atoms with Gasteiger partial charge in [-0.25, -0.2) is 0 Å². The Hall–Kier alpha value is 2.71. The Morgan fingerprint density at radius 3 is 1.12 bits per heavy atom. The molecular weight excluding hydrogens is 378 g/mol. The van der Waals surface area contributed by atoms with Crippen LogP contribution in [0.15, 0.2) is 0 Å². The van der Waals surface area contributed by atoms with E-state index in [4.69, 9.17) is 17.5 Å². The normalized spacial score (nSPS) is 7.25. The molecule has 0 bridgehead atoms. The van der Waals surface area contributed by atoms with Crippen LogP contribution in [0.25, 0.3) is 0 Å². The van der Waals surface area contributed by atoms with Crippen LogP contribution in [0.4, 0.5) is 0 Å². The van der Waals surface area contributed by atoms with E-state index in [9.17, 15) is 0 Å². The largest absolute Gasteiger partial charge is 2.00 e. The van der Waals surface area contributed by atoms with Gasteiger partial charge in [0.2, 0.25) is 0 Å². The van der Waals surface area contributed by atoms with Crippen molar-refractivity contribution >= 4 is 72.8 Å². The van der Waals surface area contributed by atoms with Crippen molar-refractivity contribution in [1.82, 2.24) is 0 Å². The van der Waals surface area contributed by atoms with Crippen molar-refractivity contribution in [2.75, 3.05) is 0 Å². The SMILES string of the molecule is O=S(=O)([O-])[O-].[Ba+2].[Cd+2].[S-2]. The molecule has 8 heavy (non-hydrogen) atoms. The minimum absolute atomic E-state index is 0. The van der Waals surface area contributed by atoms with Gasteiger partial charge in [-0.2, -0.15) is 0 Å². The van der Waals surface area contributed by atoms with E-state index in [-0.39, 0.29) is 89.7 Å². The van der Waals surface area contributed by atoms with Gasteiger partial charge in [0.15, 0.2) is 0 Å². The first kappa shape index (κ1) is 22.4. The number of rotatable bonds is 0. The van der Waals surface area contributed by atoms with Crippen LogP contribution in [-0.2, 0) is 51.2 Å². The predicted octanol–water partition coefficient (Wildman–Crippen LogP) is -1.72. The smallest absolute Gasteiger partial charge is 2.00 e. The molecule has 0 radical (unpaired) electrons. The summed E-state index contributed by atoms with van der Waals surface area (Å²) >= 11 is 0. The molecule has 0 spiro atoms. The average Bonchev–Trinajstić information content (AvgIpc) is 0.722. The van der Waals surface area contributed by atoms with Gasteiger partial charge >= 0.3 is 76.2 Å². The van der Waals surface area contributed by atoms with Crippen LogP contribution in [0, 0.1) is 0 Å². The summed E-state index contributed by atoms with van der Waals surface area (Å²) in [5.41, 5.74) is 0. The molecule has 0 aromatic heterocycles. The van der Waals surface area contributed by atoms with Gasteiger partial charge in [0.1, 0.15) is 0 Å². The summed E-state index contributed by atoms with van der Waals surface area (Å²) in [6.45, 7) is 0. The van der Waals surface area contributed by atoms with Crippen molar-refractivity contribution in [3.63, 3.8) is 0 Å². The molecule has 0 saturated carbocycles. The van der Waals surface area contributed by atoms with E-state index in [0.717, 1.165) is 0 Å². The van der Waals surface area contributed by atoms with Gasteiger partial charge in [-0.3, -0.25) is 8.42 Å². The van der Waals surface area contributed by atoms with E-state index in [1.165, 1.54) is 0 Å². The molecule has 0 unspecified atom stereocenters. The molecule has 0 aliphatic heterocycles. The molecule has 0 aliphatic rings. The molecule has 4 nitrogen and oxygen atoms in total. The van der Waals surface area contributed by atoms with Crippen molar-refractivity contribution in [3.05, 3.63) is 0 Å². The van der Waals surface area contributed by atoms with Gasteiger partial charge < -0.3 is 22.6 Å². The first-order valence-electron chi connectivity index (χ1n) is 0.667. The minimum atomic E-state index is -5.17. The molecule has 0 fully saturated rings. The Morgan fingerprint density at radius 2 is 1.12 bits per heavy atom. The zero-order valence-electron chi connectivity index (χ0n) is 3.86. The molecule has 0 N–H and O–H groups in total. The first-order valence-corrected chi connectivity index (χ1v) is 2.00. The maximum Gasteiger partial charge on any atom is 2.00 e. The van der Waals surface area contributed by atoms with Crippen LogP contribution < -0.4 is 0 Å². The standard InChI is InChI=1S/Ba.Cd.H2O4S.S/c;;1-5(2,3)4;/h;;(H2,1,2,3,4);/q2*+2;;-2/p-2. The van der Waals surface area contributed by atoms with E-state index >= 15 is 0 Å². The van der Waals surface area contributed by atoms with E-state index in [0.29, 0.717) is 0 Å². The van der Waals surface area contributed by atoms with Crippen molar-refractivity contribution in [1.29, 1.82) is 0 Å². The van der Waals surface area contributed by atoms with Crippen LogP contribution >= 0.6 is 0 Å². The van der Waals surface area contributed by atoms with Crippen molar-refractivity contribution in [2.45, 2.75) is 0 Å². The monoisotopic (exact) mass is 380 g/mol. The maximum atomic E-state index is 8.52. The second-order valence-electron chi connectivity index (χ2n) is 0.408. The van der Waals surface area contributed by atoms with E-state index in [2.05, 4.69) is 0 Å². The minimum Gasteiger partial charge on any atom is -2.00 e. The third-order valence-corrected chi connectivity index (χ3v) is 0. The second-order valence-corrected chi connectivity index (χ2v) is 1.22. The second kappa shape index (κ2) is 9.71. The van der Waals surface area contributed by atoms with E-state index in [1.54, 1.807) is 0 Å². The van der Waals surface area contributed by atoms with Gasteiger partial charge in [0.25, 0.3) is 0 Å². The van der Waals surface area contributed by atoms with Crippen LogP contribution in [0.3, 0.4) is 0 Å². The van der Waals surface area contributed by atoms with Crippen molar-refractivity contribution in [3.8, 4) is 0 Å². The molecule has 0 heterocycles. The molecule has 0 rings (SSSR count). The third-order valence-electron chi connectivity index (χ3n) is 0. The molecule has 40 valence electrons. The molecule has 0 aromatic carbocycles. The fourth-order valence-electron chi connectivity index (χ4n) is 0. The van der Waals surface area contributed by atoms with E-state index < -0.39 is 10.4 Å². The zero-order chi connectivity index (χ0) is 4.50. The molecular formula is BaCdO4S2. The molecule has 0 amide bonds. The molecule has 0 aliphatic carbocycles. The molecule has 0 saturated heterocycles. The van der Waals surface area contributed by atoms with Crippen molar-refractivity contribution < 1.29 is 44.8 Å². The Kier molecular flexibility index (Phi) is 27.2. The predicted molar refractivity (Wildman–Crippen MR) is 23.6 cm³/mol. The molecule has 0 atom stereocenters. The van der Waals surface area contributed by atoms with Crippen LogP contribution in [-0.4, -0.2) is 66.4 Å². The summed E-state index contributed by atoms with van der Waals surface area (Å²) in [6.07, 6.45) is 0. The topological polar surface area (TPSA) is 80.3 Å². The Labute approximate surface area is 115 Å². The summed E-state index contributed by atoms with van der Waals surface area (Å²) in [7, 11) is -5.17. The zero-order valence-corrected chi connectivity index (χ0v) is 14.0. The van der Waals surface area contributed by atoms with Crippen molar-refractivity contribution in [2.24, 2.45) is 0 Å². The van der Waals surface area contributed by atoms with Gasteiger partial charge in [-0.05, 0) is 0 Å². The first-order chi connectivity index (χ1) is 2.00. The fraction of sp³-hybridized carbons (Fsp3) is 0. The summed E-state index contributed by atoms with van der Waals surface area (Å²) in [4.78, 5) is 0. The Bertz CT molecular complexity index is 97.2. The van der Waals surface area contributed by atoms with Gasteiger partial charge in [-0.1, -0.05) is 0 Å². The summed E-state index contributed by atoms with van der Waals surface area (Å²) in [5.74, 6) is 0. The van der Waals surface area contributed by atoms with Gasteiger partial charge in [0.05, 0.1) is 0 Å². The molecule has 8 heteroatoms. The number of hydrogen-bond acceptors (Lipinski definition) is 4. The number of hydrogen-bond donors (Lipinski definition) is 0. The third kappa shape index (κ3) is 70.4. The quantitative estimate of drug-likeness (QED) is 0.286. The summed E-state index contributed by atoms with van der Waals surface area (Å²) in [5, 5.41) is 0.